The fourth-order valence-electron chi connectivity index (χ4n) is 6.77. The summed E-state index contributed by atoms with van der Waals surface area (Å²) in [6.45, 7) is 2.07. The number of hydrogen-bond donors (Lipinski definition) is 3. The number of hydrogen-bond acceptors (Lipinski definition) is 5. The number of quaternary nitrogens is 1. The van der Waals surface area contributed by atoms with Crippen molar-refractivity contribution in [3.05, 3.63) is 94.6 Å². The lowest BCUT2D eigenvalue weighted by Gasteiger charge is -2.22. The third-order valence-corrected chi connectivity index (χ3v) is 9.28. The molecule has 0 aliphatic carbocycles. The SMILES string of the molecule is Cc1nc2c3c(c(C(F)(F)F)cc2n1C)-c1cccn2c(C(=O)c4cc(F)c(NC(=O)/C=C/C[NH+]5C[C@H](O)[C@@H](F)C5)c(F)c4)cc(c12)CCO3. The van der Waals surface area contributed by atoms with E-state index in [1.54, 1.807) is 18.5 Å². The number of aryl methyl sites for hydroxylation is 2. The minimum Gasteiger partial charge on any atom is -0.490 e. The van der Waals surface area contributed by atoms with Gasteiger partial charge in [0.15, 0.2) is 11.9 Å². The van der Waals surface area contributed by atoms with E-state index < -0.39 is 58.6 Å². The number of likely N-dealkylation sites (tertiary alicyclic amines) is 1. The zero-order valence-corrected chi connectivity index (χ0v) is 26.7. The van der Waals surface area contributed by atoms with Gasteiger partial charge in [0.25, 0.3) is 0 Å². The summed E-state index contributed by atoms with van der Waals surface area (Å²) in [5, 5.41) is 11.6. The topological polar surface area (TPSA) is 102 Å². The van der Waals surface area contributed by atoms with E-state index in [9.17, 15) is 32.3 Å². The van der Waals surface area contributed by atoms with E-state index in [1.165, 1.54) is 34.9 Å². The Morgan fingerprint density at radius 2 is 1.90 bits per heavy atom. The molecule has 1 amide bonds. The second-order valence-electron chi connectivity index (χ2n) is 12.5. The Balaban J connectivity index is 1.23. The molecule has 3 atom stereocenters. The fraction of sp³-hybridized carbons (Fsp3) is 0.286. The first-order chi connectivity index (χ1) is 23.7. The Morgan fingerprint density at radius 3 is 2.58 bits per heavy atom. The van der Waals surface area contributed by atoms with Gasteiger partial charge in [-0.25, -0.2) is 18.2 Å². The molecule has 15 heteroatoms. The summed E-state index contributed by atoms with van der Waals surface area (Å²) >= 11 is 0. The van der Waals surface area contributed by atoms with Crippen LogP contribution in [0.2, 0.25) is 0 Å². The maximum atomic E-state index is 15.2. The van der Waals surface area contributed by atoms with Crippen molar-refractivity contribution in [2.45, 2.75) is 31.8 Å². The Labute approximate surface area is 280 Å². The minimum absolute atomic E-state index is 0.0348. The van der Waals surface area contributed by atoms with Crippen LogP contribution in [0, 0.1) is 18.6 Å². The molecule has 260 valence electrons. The van der Waals surface area contributed by atoms with Gasteiger partial charge in [0.2, 0.25) is 11.7 Å². The zero-order chi connectivity index (χ0) is 35.6. The maximum absolute atomic E-state index is 15.2. The van der Waals surface area contributed by atoms with Crippen molar-refractivity contribution in [1.29, 1.82) is 0 Å². The van der Waals surface area contributed by atoms with Gasteiger partial charge >= 0.3 is 6.18 Å². The number of benzene rings is 2. The third-order valence-electron chi connectivity index (χ3n) is 9.28. The lowest BCUT2D eigenvalue weighted by molar-refractivity contribution is -0.883. The quantitative estimate of drug-likeness (QED) is 0.139. The molecule has 3 N–H and O–H groups in total. The fourth-order valence-corrected chi connectivity index (χ4v) is 6.77. The number of nitrogens with zero attached hydrogens (tertiary/aromatic N) is 3. The van der Waals surface area contributed by atoms with Crippen LogP contribution in [-0.2, 0) is 24.4 Å². The van der Waals surface area contributed by atoms with E-state index in [0.29, 0.717) is 21.8 Å². The normalized spacial score (nSPS) is 19.1. The highest BCUT2D eigenvalue weighted by atomic mass is 19.4. The molecule has 0 saturated carbocycles. The number of rotatable bonds is 6. The number of carbonyl (C=O) groups is 2. The number of imidazole rings is 1. The molecular weight excluding hydrogens is 668 g/mol. The van der Waals surface area contributed by atoms with E-state index in [0.717, 1.165) is 24.3 Å². The van der Waals surface area contributed by atoms with Crippen LogP contribution in [0.1, 0.15) is 33.0 Å². The van der Waals surface area contributed by atoms with Gasteiger partial charge in [-0.15, -0.1) is 0 Å². The second-order valence-corrected chi connectivity index (χ2v) is 12.5. The molecule has 0 spiro atoms. The standard InChI is InChI=1S/C35H29F6N5O4/c1-17-42-31-25(44(17)2)14-21(35(39,40)41)29-20-5-3-9-46-26(13-18(32(20)46)7-10-50-34(29)31)33(49)19-11-22(36)30(23(37)12-19)43-28(48)6-4-8-45-15-24(38)27(47)16-45/h3-6,9,11-14,24,27,47H,7-8,10,15-16H2,1-2H3,(H,43,48)/p+1/b6-4+/t24-,27-/m0/s1. The van der Waals surface area contributed by atoms with E-state index in [1.807, 2.05) is 0 Å². The molecule has 7 rings (SSSR count). The third kappa shape index (κ3) is 5.69. The summed E-state index contributed by atoms with van der Waals surface area (Å²) in [4.78, 5) is 31.4. The van der Waals surface area contributed by atoms with Crippen LogP contribution >= 0.6 is 0 Å². The molecule has 0 radical (unpaired) electrons. The Morgan fingerprint density at radius 1 is 1.16 bits per heavy atom. The number of ketones is 1. The summed E-state index contributed by atoms with van der Waals surface area (Å²) < 4.78 is 96.8. The second kappa shape index (κ2) is 12.3. The first-order valence-corrected chi connectivity index (χ1v) is 15.7. The molecule has 1 fully saturated rings. The number of halogens is 6. The minimum atomic E-state index is -4.78. The number of aliphatic hydroxyl groups is 1. The number of anilines is 1. The zero-order valence-electron chi connectivity index (χ0n) is 26.7. The molecule has 3 aromatic heterocycles. The summed E-state index contributed by atoms with van der Waals surface area (Å²) in [7, 11) is 1.61. The van der Waals surface area contributed by atoms with Crippen molar-refractivity contribution >= 4 is 33.9 Å². The first kappa shape index (κ1) is 33.4. The van der Waals surface area contributed by atoms with Crippen LogP contribution in [0.5, 0.6) is 5.75 Å². The average molecular weight is 699 g/mol. The van der Waals surface area contributed by atoms with Crippen LogP contribution < -0.4 is 15.0 Å². The molecule has 50 heavy (non-hydrogen) atoms. The molecule has 2 aliphatic rings. The van der Waals surface area contributed by atoms with Gasteiger partial charge in [0.1, 0.15) is 47.9 Å². The van der Waals surface area contributed by atoms with Gasteiger partial charge in [0.05, 0.1) is 35.4 Å². The molecule has 5 heterocycles. The van der Waals surface area contributed by atoms with Crippen molar-refractivity contribution in [1.82, 2.24) is 14.0 Å². The lowest BCUT2D eigenvalue weighted by Crippen LogP contribution is -3.10. The number of pyridine rings is 1. The van der Waals surface area contributed by atoms with Gasteiger partial charge in [-0.05, 0) is 48.9 Å². The summed E-state index contributed by atoms with van der Waals surface area (Å²) in [5.41, 5.74) is -0.965. The number of ether oxygens (including phenoxy) is 1. The molecule has 1 unspecified atom stereocenters. The van der Waals surface area contributed by atoms with Crippen molar-refractivity contribution in [2.75, 3.05) is 31.6 Å². The van der Waals surface area contributed by atoms with Gasteiger partial charge < -0.3 is 29.0 Å². The maximum Gasteiger partial charge on any atom is 0.417 e. The van der Waals surface area contributed by atoms with Crippen molar-refractivity contribution in [3.8, 4) is 16.9 Å². The first-order valence-electron chi connectivity index (χ1n) is 15.7. The highest BCUT2D eigenvalue weighted by molar-refractivity contribution is 6.10. The average Bonchev–Trinajstić information content (AvgIpc) is 3.68. The summed E-state index contributed by atoms with van der Waals surface area (Å²) in [5.74, 6) is -3.68. The number of aliphatic hydroxyl groups excluding tert-OH is 1. The lowest BCUT2D eigenvalue weighted by atomic mass is 9.94. The van der Waals surface area contributed by atoms with Crippen LogP contribution in [0.15, 0.2) is 54.7 Å². The van der Waals surface area contributed by atoms with E-state index >= 15 is 8.78 Å². The molecule has 1 saturated heterocycles. The van der Waals surface area contributed by atoms with Crippen molar-refractivity contribution in [3.63, 3.8) is 0 Å². The molecule has 5 aromatic rings. The molecular formula is C35H30F6N5O4+. The van der Waals surface area contributed by atoms with Crippen LogP contribution in [0.3, 0.4) is 0 Å². The molecule has 2 aromatic carbocycles. The number of fused-ring (bicyclic) bond motifs is 4. The largest absolute Gasteiger partial charge is 0.490 e. The highest BCUT2D eigenvalue weighted by Crippen LogP contribution is 2.48. The molecule has 9 nitrogen and oxygen atoms in total. The number of aromatic nitrogens is 3. The van der Waals surface area contributed by atoms with Crippen LogP contribution in [0.25, 0.3) is 27.7 Å². The van der Waals surface area contributed by atoms with Crippen LogP contribution in [-0.4, -0.2) is 69.3 Å². The van der Waals surface area contributed by atoms with Gasteiger partial charge in [-0.1, -0.05) is 6.07 Å². The summed E-state index contributed by atoms with van der Waals surface area (Å²) in [6, 6.07) is 7.00. The van der Waals surface area contributed by atoms with E-state index in [4.69, 9.17) is 4.74 Å². The van der Waals surface area contributed by atoms with E-state index in [2.05, 4.69) is 10.3 Å². The van der Waals surface area contributed by atoms with Crippen LogP contribution in [0.4, 0.5) is 32.0 Å². The molecule has 2 aliphatic heterocycles. The monoisotopic (exact) mass is 698 g/mol. The summed E-state index contributed by atoms with van der Waals surface area (Å²) in [6.07, 6.45) is -3.12. The van der Waals surface area contributed by atoms with Crippen molar-refractivity contribution in [2.24, 2.45) is 7.05 Å². The predicted octanol–water partition coefficient (Wildman–Crippen LogP) is 4.36. The molecule has 0 bridgehead atoms. The van der Waals surface area contributed by atoms with Gasteiger partial charge in [-0.2, -0.15) is 13.2 Å². The highest BCUT2D eigenvalue weighted by Gasteiger charge is 2.39. The Kier molecular flexibility index (Phi) is 8.22. The number of alkyl halides is 4. The van der Waals surface area contributed by atoms with E-state index in [-0.39, 0.29) is 66.3 Å². The van der Waals surface area contributed by atoms with Gasteiger partial charge in [-0.3, -0.25) is 9.59 Å². The number of amides is 1. The predicted molar refractivity (Wildman–Crippen MR) is 170 cm³/mol. The Hall–Kier alpha value is -5.15. The van der Waals surface area contributed by atoms with Crippen molar-refractivity contribution < 1.29 is 50.7 Å². The number of nitrogens with one attached hydrogen (secondary N) is 2. The number of carbonyl (C=O) groups excluding carboxylic acids is 2. The smallest absolute Gasteiger partial charge is 0.417 e. The van der Waals surface area contributed by atoms with Gasteiger partial charge in [0, 0.05) is 42.4 Å². The Bertz CT molecular complexity index is 2210.